The first-order valence-electron chi connectivity index (χ1n) is 8.88. The largest absolute Gasteiger partial charge is 0.497 e. The van der Waals surface area contributed by atoms with Crippen molar-refractivity contribution in [2.45, 2.75) is 18.9 Å². The Morgan fingerprint density at radius 1 is 1.07 bits per heavy atom. The molecule has 0 spiro atoms. The van der Waals surface area contributed by atoms with Gasteiger partial charge in [-0.25, -0.2) is 0 Å². The van der Waals surface area contributed by atoms with E-state index in [2.05, 4.69) is 5.32 Å². The van der Waals surface area contributed by atoms with Gasteiger partial charge >= 0.3 is 0 Å². The molecule has 2 aromatic carbocycles. The molecule has 0 saturated carbocycles. The molecule has 2 atom stereocenters. The van der Waals surface area contributed by atoms with Crippen LogP contribution in [0.4, 0.5) is 5.69 Å². The van der Waals surface area contributed by atoms with Gasteiger partial charge in [0.25, 0.3) is 0 Å². The first kappa shape index (κ1) is 18.8. The van der Waals surface area contributed by atoms with E-state index in [1.807, 2.05) is 42.5 Å². The lowest BCUT2D eigenvalue weighted by Crippen LogP contribution is -2.44. The van der Waals surface area contributed by atoms with Gasteiger partial charge in [0, 0.05) is 25.2 Å². The summed E-state index contributed by atoms with van der Waals surface area (Å²) < 4.78 is 10.4. The second kappa shape index (κ2) is 8.12. The molecule has 27 heavy (non-hydrogen) atoms. The van der Waals surface area contributed by atoms with Crippen molar-refractivity contribution in [1.82, 2.24) is 4.90 Å². The molecule has 0 aliphatic carbocycles. The topological polar surface area (TPSA) is 67.9 Å². The number of benzene rings is 2. The van der Waals surface area contributed by atoms with Crippen LogP contribution in [0.3, 0.4) is 0 Å². The van der Waals surface area contributed by atoms with Crippen molar-refractivity contribution in [3.63, 3.8) is 0 Å². The second-order valence-corrected chi connectivity index (χ2v) is 6.59. The Hall–Kier alpha value is -3.02. The molecule has 1 N–H and O–H groups in total. The maximum Gasteiger partial charge on any atom is 0.229 e. The number of anilines is 1. The molecule has 0 aromatic heterocycles. The molecule has 1 aliphatic rings. The summed E-state index contributed by atoms with van der Waals surface area (Å²) in [5, 5.41) is 2.96. The minimum Gasteiger partial charge on any atom is -0.497 e. The number of amides is 2. The van der Waals surface area contributed by atoms with Gasteiger partial charge in [0.05, 0.1) is 26.2 Å². The number of carbonyl (C=O) groups is 2. The summed E-state index contributed by atoms with van der Waals surface area (Å²) >= 11 is 0. The number of methoxy groups -OCH3 is 2. The Labute approximate surface area is 159 Å². The number of hydrogen-bond acceptors (Lipinski definition) is 4. The van der Waals surface area contributed by atoms with Gasteiger partial charge in [-0.3, -0.25) is 9.59 Å². The highest BCUT2D eigenvalue weighted by atomic mass is 16.5. The third-order valence-electron chi connectivity index (χ3n) is 4.99. The average molecular weight is 368 g/mol. The van der Waals surface area contributed by atoms with E-state index >= 15 is 0 Å². The monoisotopic (exact) mass is 368 g/mol. The van der Waals surface area contributed by atoms with Crippen LogP contribution in [0, 0.1) is 5.92 Å². The Bertz CT molecular complexity index is 819. The molecule has 6 nitrogen and oxygen atoms in total. The predicted octanol–water partition coefficient (Wildman–Crippen LogP) is 3.25. The van der Waals surface area contributed by atoms with Crippen LogP contribution in [0.2, 0.25) is 0 Å². The molecule has 0 radical (unpaired) electrons. The van der Waals surface area contributed by atoms with E-state index in [4.69, 9.17) is 9.47 Å². The van der Waals surface area contributed by atoms with Gasteiger partial charge in [-0.1, -0.05) is 18.2 Å². The average Bonchev–Trinajstić information content (AvgIpc) is 2.70. The zero-order valence-electron chi connectivity index (χ0n) is 15.8. The van der Waals surface area contributed by atoms with Gasteiger partial charge in [0.2, 0.25) is 11.8 Å². The molecule has 6 heteroatoms. The number of likely N-dealkylation sites (tertiary alicyclic amines) is 1. The normalized spacial score (nSPS) is 19.5. The van der Waals surface area contributed by atoms with E-state index in [1.54, 1.807) is 32.2 Å². The van der Waals surface area contributed by atoms with Crippen molar-refractivity contribution in [1.29, 1.82) is 0 Å². The van der Waals surface area contributed by atoms with Gasteiger partial charge in [-0.05, 0) is 36.2 Å². The summed E-state index contributed by atoms with van der Waals surface area (Å²) in [6.45, 7) is 0. The van der Waals surface area contributed by atoms with Gasteiger partial charge < -0.3 is 19.7 Å². The molecule has 3 rings (SSSR count). The van der Waals surface area contributed by atoms with Crippen LogP contribution in [-0.2, 0) is 9.59 Å². The standard InChI is InChI=1S/C21H24N2O4/c1-23-19(24)12-11-18(20(23)14-7-9-16(26-2)10-8-14)21(25)22-15-5-4-6-17(13-15)27-3/h4-10,13,18,20H,11-12H2,1-3H3,(H,22,25)/t18-,20+/m0/s1. The van der Waals surface area contributed by atoms with Crippen molar-refractivity contribution in [3.8, 4) is 11.5 Å². The number of hydrogen-bond donors (Lipinski definition) is 1. The SMILES string of the molecule is COc1ccc([C@@H]2[C@@H](C(=O)Nc3cccc(OC)c3)CCC(=O)N2C)cc1. The Kier molecular flexibility index (Phi) is 5.64. The maximum absolute atomic E-state index is 13.0. The van der Waals surface area contributed by atoms with Gasteiger partial charge in [-0.2, -0.15) is 0 Å². The van der Waals surface area contributed by atoms with Crippen LogP contribution >= 0.6 is 0 Å². The highest BCUT2D eigenvalue weighted by Crippen LogP contribution is 2.37. The maximum atomic E-state index is 13.0. The molecular formula is C21H24N2O4. The minimum atomic E-state index is -0.340. The van der Waals surface area contributed by atoms with Crippen molar-refractivity contribution < 1.29 is 19.1 Å². The molecule has 2 amide bonds. The number of rotatable bonds is 5. The Morgan fingerprint density at radius 2 is 1.78 bits per heavy atom. The fraction of sp³-hybridized carbons (Fsp3) is 0.333. The number of nitrogens with one attached hydrogen (secondary N) is 1. The molecule has 1 fully saturated rings. The van der Waals surface area contributed by atoms with Gasteiger partial charge in [-0.15, -0.1) is 0 Å². The lowest BCUT2D eigenvalue weighted by atomic mass is 9.84. The van der Waals surface area contributed by atoms with E-state index in [9.17, 15) is 9.59 Å². The molecule has 0 unspecified atom stereocenters. The highest BCUT2D eigenvalue weighted by Gasteiger charge is 2.38. The molecule has 1 heterocycles. The lowest BCUT2D eigenvalue weighted by molar-refractivity contribution is -0.140. The van der Waals surface area contributed by atoms with E-state index in [-0.39, 0.29) is 23.8 Å². The van der Waals surface area contributed by atoms with Crippen molar-refractivity contribution in [3.05, 3.63) is 54.1 Å². The third kappa shape index (κ3) is 4.05. The molecule has 1 saturated heterocycles. The van der Waals surface area contributed by atoms with Crippen molar-refractivity contribution in [2.24, 2.45) is 5.92 Å². The summed E-state index contributed by atoms with van der Waals surface area (Å²) in [5.74, 6) is 1.01. The van der Waals surface area contributed by atoms with Crippen LogP contribution in [-0.4, -0.2) is 38.0 Å². The summed E-state index contributed by atoms with van der Waals surface area (Å²) in [7, 11) is 4.94. The first-order chi connectivity index (χ1) is 13.0. The quantitative estimate of drug-likeness (QED) is 0.880. The van der Waals surface area contributed by atoms with E-state index < -0.39 is 0 Å². The van der Waals surface area contributed by atoms with Crippen LogP contribution in [0.5, 0.6) is 11.5 Å². The molecule has 0 bridgehead atoms. The Morgan fingerprint density at radius 3 is 2.44 bits per heavy atom. The minimum absolute atomic E-state index is 0.0428. The lowest BCUT2D eigenvalue weighted by Gasteiger charge is -2.38. The van der Waals surface area contributed by atoms with E-state index in [0.29, 0.717) is 24.3 Å². The van der Waals surface area contributed by atoms with Crippen LogP contribution in [0.25, 0.3) is 0 Å². The first-order valence-corrected chi connectivity index (χ1v) is 8.88. The smallest absolute Gasteiger partial charge is 0.229 e. The van der Waals surface area contributed by atoms with Crippen molar-refractivity contribution in [2.75, 3.05) is 26.6 Å². The zero-order chi connectivity index (χ0) is 19.4. The van der Waals surface area contributed by atoms with Crippen LogP contribution in [0.1, 0.15) is 24.4 Å². The number of nitrogens with zero attached hydrogens (tertiary/aromatic N) is 1. The number of carbonyl (C=O) groups excluding carboxylic acids is 2. The Balaban J connectivity index is 1.85. The van der Waals surface area contributed by atoms with Crippen LogP contribution in [0.15, 0.2) is 48.5 Å². The summed E-state index contributed by atoms with van der Waals surface area (Å²) in [5.41, 5.74) is 1.59. The summed E-state index contributed by atoms with van der Waals surface area (Å²) in [6, 6.07) is 14.4. The van der Waals surface area contributed by atoms with Gasteiger partial charge in [0.15, 0.2) is 0 Å². The number of ether oxygens (including phenoxy) is 2. The predicted molar refractivity (Wildman–Crippen MR) is 103 cm³/mol. The van der Waals surface area contributed by atoms with Gasteiger partial charge in [0.1, 0.15) is 11.5 Å². The number of piperidine rings is 1. The van der Waals surface area contributed by atoms with Crippen molar-refractivity contribution >= 4 is 17.5 Å². The van der Waals surface area contributed by atoms with E-state index in [1.165, 1.54) is 0 Å². The summed E-state index contributed by atoms with van der Waals surface area (Å²) in [6.07, 6.45) is 0.870. The fourth-order valence-corrected chi connectivity index (χ4v) is 3.51. The highest BCUT2D eigenvalue weighted by molar-refractivity contribution is 5.94. The van der Waals surface area contributed by atoms with Crippen LogP contribution < -0.4 is 14.8 Å². The summed E-state index contributed by atoms with van der Waals surface area (Å²) in [4.78, 5) is 26.9. The molecule has 1 aliphatic heterocycles. The third-order valence-corrected chi connectivity index (χ3v) is 4.99. The fourth-order valence-electron chi connectivity index (χ4n) is 3.51. The van der Waals surface area contributed by atoms with E-state index in [0.717, 1.165) is 11.3 Å². The zero-order valence-corrected chi connectivity index (χ0v) is 15.8. The molecular weight excluding hydrogens is 344 g/mol. The second-order valence-electron chi connectivity index (χ2n) is 6.59. The molecule has 2 aromatic rings. The molecule has 142 valence electrons.